The zero-order valence-corrected chi connectivity index (χ0v) is 14.0. The monoisotopic (exact) mass is 323 g/mol. The van der Waals surface area contributed by atoms with Gasteiger partial charge in [0.15, 0.2) is 0 Å². The molecular formula is C20H21NOS. The summed E-state index contributed by atoms with van der Waals surface area (Å²) in [6.45, 7) is 4.62. The first-order valence-electron chi connectivity index (χ1n) is 7.88. The molecule has 0 N–H and O–H groups in total. The molecule has 2 nitrogen and oxygen atoms in total. The van der Waals surface area contributed by atoms with Crippen LogP contribution in [0.1, 0.15) is 17.5 Å². The number of likely N-dealkylation sites (tertiary alicyclic amines) is 1. The first kappa shape index (κ1) is 15.9. The van der Waals surface area contributed by atoms with Gasteiger partial charge < -0.3 is 4.90 Å². The molecule has 0 spiro atoms. The Kier molecular flexibility index (Phi) is 5.19. The number of hydrogen-bond donors (Lipinski definition) is 0. The molecule has 1 saturated heterocycles. The third kappa shape index (κ3) is 4.05. The van der Waals surface area contributed by atoms with Gasteiger partial charge in [0, 0.05) is 29.7 Å². The van der Waals surface area contributed by atoms with Crippen LogP contribution in [-0.4, -0.2) is 22.6 Å². The van der Waals surface area contributed by atoms with E-state index in [1.165, 1.54) is 11.1 Å². The maximum absolute atomic E-state index is 12.4. The van der Waals surface area contributed by atoms with Gasteiger partial charge in [-0.15, -0.1) is 0 Å². The fraction of sp³-hybridized carbons (Fsp3) is 0.250. The Morgan fingerprint density at radius 1 is 1.00 bits per heavy atom. The number of nitrogens with zero attached hydrogens (tertiary/aromatic N) is 1. The summed E-state index contributed by atoms with van der Waals surface area (Å²) in [5.74, 6) is 2.04. The number of thioether (sulfide) groups is 1. The number of carbonyl (C=O) groups is 1. The topological polar surface area (TPSA) is 20.3 Å². The van der Waals surface area contributed by atoms with E-state index in [4.69, 9.17) is 0 Å². The van der Waals surface area contributed by atoms with Gasteiger partial charge in [0.2, 0.25) is 5.91 Å². The van der Waals surface area contributed by atoms with Crippen LogP contribution in [0, 0.1) is 0 Å². The average molecular weight is 323 g/mol. The molecule has 0 radical (unpaired) electrons. The molecule has 2 aromatic carbocycles. The summed E-state index contributed by atoms with van der Waals surface area (Å²) >= 11 is 1.89. The molecule has 0 saturated carbocycles. The Bertz CT molecular complexity index is 669. The minimum Gasteiger partial charge on any atom is -0.330 e. The van der Waals surface area contributed by atoms with E-state index in [2.05, 4.69) is 43.0 Å². The summed E-state index contributed by atoms with van der Waals surface area (Å²) in [6, 6.07) is 20.9. The second-order valence-electron chi connectivity index (χ2n) is 5.88. The Hall–Kier alpha value is -2.00. The number of amides is 1. The average Bonchev–Trinajstić information content (AvgIpc) is 2.85. The molecule has 0 bridgehead atoms. The largest absolute Gasteiger partial charge is 0.330 e. The molecule has 3 heteroatoms. The fourth-order valence-corrected chi connectivity index (χ4v) is 3.98. The van der Waals surface area contributed by atoms with E-state index in [1.807, 2.05) is 40.9 Å². The molecule has 2 aromatic rings. The Morgan fingerprint density at radius 3 is 2.26 bits per heavy atom. The lowest BCUT2D eigenvalue weighted by Gasteiger charge is -2.24. The highest BCUT2D eigenvalue weighted by molar-refractivity contribution is 7.98. The number of hydrogen-bond acceptors (Lipinski definition) is 2. The molecule has 1 heterocycles. The molecule has 1 aliphatic heterocycles. The molecule has 3 rings (SSSR count). The van der Waals surface area contributed by atoms with Crippen molar-refractivity contribution in [1.82, 2.24) is 4.90 Å². The van der Waals surface area contributed by atoms with Crippen LogP contribution < -0.4 is 0 Å². The first-order chi connectivity index (χ1) is 11.2. The van der Waals surface area contributed by atoms with Gasteiger partial charge in [-0.05, 0) is 17.5 Å². The quantitative estimate of drug-likeness (QED) is 0.740. The SMILES string of the molecule is C=C1CC(CSCc2ccccc2)N(Cc2ccccc2)C1=O. The molecule has 1 amide bonds. The summed E-state index contributed by atoms with van der Waals surface area (Å²) in [7, 11) is 0. The van der Waals surface area contributed by atoms with E-state index in [1.54, 1.807) is 0 Å². The molecule has 0 aromatic heterocycles. The highest BCUT2D eigenvalue weighted by Crippen LogP contribution is 2.28. The van der Waals surface area contributed by atoms with Crippen LogP contribution in [-0.2, 0) is 17.1 Å². The predicted molar refractivity (Wildman–Crippen MR) is 97.1 cm³/mol. The van der Waals surface area contributed by atoms with E-state index in [0.29, 0.717) is 6.54 Å². The number of carbonyl (C=O) groups excluding carboxylic acids is 1. The van der Waals surface area contributed by atoms with Crippen molar-refractivity contribution in [2.45, 2.75) is 24.8 Å². The van der Waals surface area contributed by atoms with E-state index in [9.17, 15) is 4.79 Å². The van der Waals surface area contributed by atoms with Gasteiger partial charge in [-0.2, -0.15) is 11.8 Å². The lowest BCUT2D eigenvalue weighted by Crippen LogP contribution is -2.34. The molecule has 118 valence electrons. The van der Waals surface area contributed by atoms with Gasteiger partial charge in [-0.3, -0.25) is 4.79 Å². The van der Waals surface area contributed by atoms with Crippen LogP contribution in [0.2, 0.25) is 0 Å². The molecule has 1 unspecified atom stereocenters. The van der Waals surface area contributed by atoms with Crippen molar-refractivity contribution in [1.29, 1.82) is 0 Å². The normalized spacial score (nSPS) is 17.7. The van der Waals surface area contributed by atoms with E-state index in [-0.39, 0.29) is 11.9 Å². The lowest BCUT2D eigenvalue weighted by atomic mass is 10.2. The van der Waals surface area contributed by atoms with Crippen molar-refractivity contribution < 1.29 is 4.79 Å². The van der Waals surface area contributed by atoms with Crippen molar-refractivity contribution in [2.24, 2.45) is 0 Å². The van der Waals surface area contributed by atoms with Crippen LogP contribution in [0.5, 0.6) is 0 Å². The molecular weight excluding hydrogens is 302 g/mol. The molecule has 1 atom stereocenters. The lowest BCUT2D eigenvalue weighted by molar-refractivity contribution is -0.126. The molecule has 1 aliphatic rings. The van der Waals surface area contributed by atoms with Crippen molar-refractivity contribution in [3.05, 3.63) is 83.9 Å². The van der Waals surface area contributed by atoms with Crippen LogP contribution >= 0.6 is 11.8 Å². The first-order valence-corrected chi connectivity index (χ1v) is 9.04. The van der Waals surface area contributed by atoms with Gasteiger partial charge in [0.05, 0.1) is 0 Å². The number of rotatable bonds is 6. The van der Waals surface area contributed by atoms with Gasteiger partial charge in [0.1, 0.15) is 0 Å². The van der Waals surface area contributed by atoms with Crippen LogP contribution in [0.25, 0.3) is 0 Å². The highest BCUT2D eigenvalue weighted by Gasteiger charge is 2.33. The van der Waals surface area contributed by atoms with E-state index < -0.39 is 0 Å². The summed E-state index contributed by atoms with van der Waals surface area (Å²) < 4.78 is 0. The molecule has 1 fully saturated rings. The third-order valence-electron chi connectivity index (χ3n) is 4.10. The van der Waals surface area contributed by atoms with Crippen LogP contribution in [0.3, 0.4) is 0 Å². The zero-order chi connectivity index (χ0) is 16.1. The second-order valence-corrected chi connectivity index (χ2v) is 6.91. The predicted octanol–water partition coefficient (Wildman–Crippen LogP) is 4.28. The minimum absolute atomic E-state index is 0.110. The standard InChI is InChI=1S/C20H21NOS/c1-16-12-19(15-23-14-18-10-6-3-7-11-18)21(20(16)22)13-17-8-4-2-5-9-17/h2-11,19H,1,12-15H2. The van der Waals surface area contributed by atoms with E-state index >= 15 is 0 Å². The summed E-state index contributed by atoms with van der Waals surface area (Å²) in [4.78, 5) is 14.4. The Labute approximate surface area is 142 Å². The van der Waals surface area contributed by atoms with Gasteiger partial charge in [0.25, 0.3) is 0 Å². The maximum Gasteiger partial charge on any atom is 0.249 e. The molecule has 0 aliphatic carbocycles. The van der Waals surface area contributed by atoms with Crippen molar-refractivity contribution in [3.63, 3.8) is 0 Å². The highest BCUT2D eigenvalue weighted by atomic mass is 32.2. The summed E-state index contributed by atoms with van der Waals surface area (Å²) in [5.41, 5.74) is 3.25. The van der Waals surface area contributed by atoms with Gasteiger partial charge in [-0.25, -0.2) is 0 Å². The number of benzene rings is 2. The molecule has 23 heavy (non-hydrogen) atoms. The van der Waals surface area contributed by atoms with Crippen molar-refractivity contribution >= 4 is 17.7 Å². The van der Waals surface area contributed by atoms with Crippen LogP contribution in [0.15, 0.2) is 72.8 Å². The Morgan fingerprint density at radius 2 is 1.61 bits per heavy atom. The van der Waals surface area contributed by atoms with Crippen molar-refractivity contribution in [3.8, 4) is 0 Å². The zero-order valence-electron chi connectivity index (χ0n) is 13.2. The summed E-state index contributed by atoms with van der Waals surface area (Å²) in [6.07, 6.45) is 0.785. The van der Waals surface area contributed by atoms with Gasteiger partial charge >= 0.3 is 0 Å². The maximum atomic E-state index is 12.4. The van der Waals surface area contributed by atoms with Crippen LogP contribution in [0.4, 0.5) is 0 Å². The van der Waals surface area contributed by atoms with E-state index in [0.717, 1.165) is 23.5 Å². The third-order valence-corrected chi connectivity index (χ3v) is 5.26. The van der Waals surface area contributed by atoms with Crippen molar-refractivity contribution in [2.75, 3.05) is 5.75 Å². The second kappa shape index (κ2) is 7.51. The minimum atomic E-state index is 0.110. The fourth-order valence-electron chi connectivity index (χ4n) is 2.87. The smallest absolute Gasteiger partial charge is 0.249 e. The van der Waals surface area contributed by atoms with Gasteiger partial charge in [-0.1, -0.05) is 67.2 Å². The Balaban J connectivity index is 1.60. The summed E-state index contributed by atoms with van der Waals surface area (Å²) in [5, 5.41) is 0.